The minimum Gasteiger partial charge on any atom is -0.410 e. The zero-order valence-electron chi connectivity index (χ0n) is 11.1. The monoisotopic (exact) mass is 230 g/mol. The van der Waals surface area contributed by atoms with Gasteiger partial charge in [0.15, 0.2) is 14.1 Å². The van der Waals surface area contributed by atoms with Gasteiger partial charge in [0, 0.05) is 6.42 Å². The fourth-order valence-electron chi connectivity index (χ4n) is 0.924. The quantitative estimate of drug-likeness (QED) is 0.649. The van der Waals surface area contributed by atoms with Crippen LogP contribution in [0.4, 0.5) is 0 Å². The summed E-state index contributed by atoms with van der Waals surface area (Å²) >= 11 is 0. The van der Waals surface area contributed by atoms with Crippen molar-refractivity contribution >= 4 is 14.1 Å². The molecule has 2 nitrogen and oxygen atoms in total. The molecular formula is C12H26O2Si. The first-order valence-electron chi connectivity index (χ1n) is 5.86. The molecule has 0 bridgehead atoms. The van der Waals surface area contributed by atoms with Gasteiger partial charge in [-0.2, -0.15) is 0 Å². The summed E-state index contributed by atoms with van der Waals surface area (Å²) in [7, 11) is -1.73. The Morgan fingerprint density at radius 1 is 1.27 bits per heavy atom. The molecule has 0 aliphatic heterocycles. The van der Waals surface area contributed by atoms with E-state index in [1.165, 1.54) is 0 Å². The lowest BCUT2D eigenvalue weighted by molar-refractivity contribution is -0.121. The first kappa shape index (κ1) is 14.8. The Balaban J connectivity index is 3.99. The van der Waals surface area contributed by atoms with E-state index in [1.807, 2.05) is 0 Å². The van der Waals surface area contributed by atoms with Crippen molar-refractivity contribution in [3.63, 3.8) is 0 Å². The maximum Gasteiger partial charge on any atom is 0.192 e. The molecule has 0 aromatic carbocycles. The third kappa shape index (κ3) is 5.47. The zero-order valence-corrected chi connectivity index (χ0v) is 12.1. The Hall–Kier alpha value is -0.153. The standard InChI is InChI=1S/C12H26O2Si/c1-7-8-9-11(13)10-14-15(5,6)12(2,3)4/h7-10H2,1-6H3. The van der Waals surface area contributed by atoms with E-state index < -0.39 is 8.32 Å². The molecule has 0 fully saturated rings. The van der Waals surface area contributed by atoms with E-state index in [1.54, 1.807) is 0 Å². The minimum absolute atomic E-state index is 0.192. The van der Waals surface area contributed by atoms with Gasteiger partial charge in [-0.3, -0.25) is 4.79 Å². The Morgan fingerprint density at radius 3 is 2.20 bits per heavy atom. The van der Waals surface area contributed by atoms with E-state index in [4.69, 9.17) is 4.43 Å². The van der Waals surface area contributed by atoms with Crippen LogP contribution in [0, 0.1) is 0 Å². The van der Waals surface area contributed by atoms with Gasteiger partial charge in [-0.05, 0) is 24.6 Å². The van der Waals surface area contributed by atoms with Crippen molar-refractivity contribution in [1.29, 1.82) is 0 Å². The van der Waals surface area contributed by atoms with E-state index in [-0.39, 0.29) is 10.8 Å². The summed E-state index contributed by atoms with van der Waals surface area (Å²) in [6.07, 6.45) is 2.73. The number of carbonyl (C=O) groups excluding carboxylic acids is 1. The number of unbranched alkanes of at least 4 members (excludes halogenated alkanes) is 1. The predicted molar refractivity (Wildman–Crippen MR) is 67.7 cm³/mol. The molecule has 0 aromatic rings. The summed E-state index contributed by atoms with van der Waals surface area (Å²) in [5, 5.41) is 0.192. The predicted octanol–water partition coefficient (Wildman–Crippen LogP) is 3.77. The molecule has 0 rings (SSSR count). The molecule has 0 atom stereocenters. The average Bonchev–Trinajstić information content (AvgIpc) is 2.09. The van der Waals surface area contributed by atoms with Gasteiger partial charge in [0.05, 0.1) is 6.61 Å². The van der Waals surface area contributed by atoms with Crippen LogP contribution in [0.2, 0.25) is 18.1 Å². The van der Waals surface area contributed by atoms with Crippen molar-refractivity contribution in [1.82, 2.24) is 0 Å². The summed E-state index contributed by atoms with van der Waals surface area (Å²) in [5.41, 5.74) is 0. The first-order valence-corrected chi connectivity index (χ1v) is 8.77. The minimum atomic E-state index is -1.73. The molecule has 0 unspecified atom stereocenters. The fraction of sp³-hybridized carbons (Fsp3) is 0.917. The molecule has 0 spiro atoms. The third-order valence-corrected chi connectivity index (χ3v) is 7.69. The van der Waals surface area contributed by atoms with Crippen LogP contribution in [-0.2, 0) is 9.22 Å². The number of hydrogen-bond donors (Lipinski definition) is 0. The second-order valence-electron chi connectivity index (χ2n) is 5.69. The maximum absolute atomic E-state index is 11.5. The SMILES string of the molecule is CCCCC(=O)CO[Si](C)(C)C(C)(C)C. The molecule has 15 heavy (non-hydrogen) atoms. The van der Waals surface area contributed by atoms with E-state index in [2.05, 4.69) is 40.8 Å². The summed E-state index contributed by atoms with van der Waals surface area (Å²) in [6, 6.07) is 0. The molecule has 0 aliphatic rings. The van der Waals surface area contributed by atoms with Crippen molar-refractivity contribution in [2.24, 2.45) is 0 Å². The third-order valence-electron chi connectivity index (χ3n) is 3.21. The Morgan fingerprint density at radius 2 is 1.80 bits per heavy atom. The molecule has 0 radical (unpaired) electrons. The van der Waals surface area contributed by atoms with Gasteiger partial charge in [-0.25, -0.2) is 0 Å². The highest BCUT2D eigenvalue weighted by atomic mass is 28.4. The number of Topliss-reactive ketones (excluding diaryl/α,β-unsaturated/α-hetero) is 1. The van der Waals surface area contributed by atoms with Crippen molar-refractivity contribution in [2.75, 3.05) is 6.61 Å². The summed E-state index contributed by atoms with van der Waals surface area (Å²) in [5.74, 6) is 0.252. The largest absolute Gasteiger partial charge is 0.410 e. The van der Waals surface area contributed by atoms with Crippen LogP contribution in [-0.4, -0.2) is 20.7 Å². The summed E-state index contributed by atoms with van der Waals surface area (Å²) < 4.78 is 5.84. The van der Waals surface area contributed by atoms with Crippen LogP contribution < -0.4 is 0 Å². The number of hydrogen-bond acceptors (Lipinski definition) is 2. The van der Waals surface area contributed by atoms with E-state index in [0.717, 1.165) is 12.8 Å². The van der Waals surface area contributed by atoms with Crippen LogP contribution >= 0.6 is 0 Å². The topological polar surface area (TPSA) is 26.3 Å². The van der Waals surface area contributed by atoms with Crippen molar-refractivity contribution in [3.05, 3.63) is 0 Å². The van der Waals surface area contributed by atoms with Crippen LogP contribution in [0.1, 0.15) is 47.0 Å². The molecule has 0 N–H and O–H groups in total. The van der Waals surface area contributed by atoms with Gasteiger partial charge in [-0.1, -0.05) is 34.1 Å². The number of carbonyl (C=O) groups is 1. The Labute approximate surface area is 95.5 Å². The summed E-state index contributed by atoms with van der Waals surface area (Å²) in [4.78, 5) is 11.5. The first-order chi connectivity index (χ1) is 6.70. The molecule has 0 saturated heterocycles. The van der Waals surface area contributed by atoms with E-state index in [0.29, 0.717) is 13.0 Å². The fourth-order valence-corrected chi connectivity index (χ4v) is 1.88. The normalized spacial score (nSPS) is 12.9. The van der Waals surface area contributed by atoms with Crippen LogP contribution in [0.25, 0.3) is 0 Å². The lowest BCUT2D eigenvalue weighted by atomic mass is 10.2. The smallest absolute Gasteiger partial charge is 0.192 e. The second-order valence-corrected chi connectivity index (χ2v) is 10.5. The van der Waals surface area contributed by atoms with Crippen LogP contribution in [0.3, 0.4) is 0 Å². The Kier molecular flexibility index (Phi) is 5.74. The van der Waals surface area contributed by atoms with Crippen molar-refractivity contribution in [3.8, 4) is 0 Å². The molecule has 90 valence electrons. The van der Waals surface area contributed by atoms with Crippen LogP contribution in [0.5, 0.6) is 0 Å². The highest BCUT2D eigenvalue weighted by Crippen LogP contribution is 2.36. The van der Waals surface area contributed by atoms with Crippen molar-refractivity contribution in [2.45, 2.75) is 65.1 Å². The summed E-state index contributed by atoms with van der Waals surface area (Å²) in [6.45, 7) is 13.3. The highest BCUT2D eigenvalue weighted by molar-refractivity contribution is 6.74. The molecule has 0 amide bonds. The zero-order chi connectivity index (χ0) is 12.1. The van der Waals surface area contributed by atoms with Gasteiger partial charge in [0.2, 0.25) is 0 Å². The van der Waals surface area contributed by atoms with Gasteiger partial charge in [0.25, 0.3) is 0 Å². The molecule has 3 heteroatoms. The molecule has 0 saturated carbocycles. The van der Waals surface area contributed by atoms with Gasteiger partial charge in [0.1, 0.15) is 0 Å². The van der Waals surface area contributed by atoms with Gasteiger partial charge < -0.3 is 4.43 Å². The number of rotatable bonds is 6. The lowest BCUT2D eigenvalue weighted by Crippen LogP contribution is -2.42. The molecule has 0 heterocycles. The molecular weight excluding hydrogens is 204 g/mol. The van der Waals surface area contributed by atoms with Gasteiger partial charge in [-0.15, -0.1) is 0 Å². The maximum atomic E-state index is 11.5. The van der Waals surface area contributed by atoms with E-state index >= 15 is 0 Å². The molecule has 0 aromatic heterocycles. The Bertz CT molecular complexity index is 204. The van der Waals surface area contributed by atoms with Gasteiger partial charge >= 0.3 is 0 Å². The lowest BCUT2D eigenvalue weighted by Gasteiger charge is -2.35. The van der Waals surface area contributed by atoms with Crippen molar-refractivity contribution < 1.29 is 9.22 Å². The number of ketones is 1. The second kappa shape index (κ2) is 5.80. The molecule has 0 aliphatic carbocycles. The highest BCUT2D eigenvalue weighted by Gasteiger charge is 2.37. The van der Waals surface area contributed by atoms with Crippen LogP contribution in [0.15, 0.2) is 0 Å². The average molecular weight is 230 g/mol. The van der Waals surface area contributed by atoms with E-state index in [9.17, 15) is 4.79 Å².